The standard InChI is InChI=1S/C13H14Cl2O4S/c1-8-13(4-5-19-8)20(17,18)7-12(16)9-2-3-10(14)11(15)6-9/h2-3,6,8,13H,4-5,7H2,1H3. The molecule has 1 aromatic carbocycles. The Labute approximate surface area is 127 Å². The van der Waals surface area contributed by atoms with Crippen molar-refractivity contribution in [1.82, 2.24) is 0 Å². The number of hydrogen-bond acceptors (Lipinski definition) is 4. The minimum absolute atomic E-state index is 0.229. The second-order valence-corrected chi connectivity index (χ2v) is 7.80. The Balaban J connectivity index is 2.16. The number of ether oxygens (including phenoxy) is 1. The number of sulfone groups is 1. The van der Waals surface area contributed by atoms with Crippen LogP contribution in [-0.2, 0) is 14.6 Å². The summed E-state index contributed by atoms with van der Waals surface area (Å²) in [6, 6.07) is 4.34. The monoisotopic (exact) mass is 336 g/mol. The molecule has 0 aromatic heterocycles. The highest BCUT2D eigenvalue weighted by molar-refractivity contribution is 7.92. The average molecular weight is 337 g/mol. The summed E-state index contributed by atoms with van der Waals surface area (Å²) in [5.41, 5.74) is 0.245. The van der Waals surface area contributed by atoms with Crippen LogP contribution in [0.25, 0.3) is 0 Å². The SMILES string of the molecule is CC1OCCC1S(=O)(=O)CC(=O)c1ccc(Cl)c(Cl)c1. The van der Waals surface area contributed by atoms with Crippen LogP contribution in [0.1, 0.15) is 23.7 Å². The fourth-order valence-electron chi connectivity index (χ4n) is 2.23. The lowest BCUT2D eigenvalue weighted by Gasteiger charge is -2.14. The second-order valence-electron chi connectivity index (χ2n) is 4.76. The molecule has 1 aliphatic rings. The number of hydrogen-bond donors (Lipinski definition) is 0. The van der Waals surface area contributed by atoms with E-state index in [1.54, 1.807) is 6.92 Å². The molecule has 0 N–H and O–H groups in total. The largest absolute Gasteiger partial charge is 0.377 e. The maximum absolute atomic E-state index is 12.2. The number of rotatable bonds is 4. The summed E-state index contributed by atoms with van der Waals surface area (Å²) >= 11 is 11.6. The summed E-state index contributed by atoms with van der Waals surface area (Å²) < 4.78 is 29.7. The lowest BCUT2D eigenvalue weighted by molar-refractivity contribution is 0.102. The van der Waals surface area contributed by atoms with Crippen LogP contribution in [0.2, 0.25) is 10.0 Å². The number of carbonyl (C=O) groups excluding carboxylic acids is 1. The van der Waals surface area contributed by atoms with Crippen molar-refractivity contribution in [2.45, 2.75) is 24.7 Å². The van der Waals surface area contributed by atoms with E-state index < -0.39 is 26.6 Å². The molecule has 110 valence electrons. The molecule has 4 nitrogen and oxygen atoms in total. The number of halogens is 2. The van der Waals surface area contributed by atoms with Crippen molar-refractivity contribution < 1.29 is 17.9 Å². The Hall–Kier alpha value is -0.620. The second kappa shape index (κ2) is 6.02. The van der Waals surface area contributed by atoms with Gasteiger partial charge in [-0.25, -0.2) is 8.42 Å². The summed E-state index contributed by atoms with van der Waals surface area (Å²) in [5.74, 6) is -1.02. The van der Waals surface area contributed by atoms with Gasteiger partial charge in [0.1, 0.15) is 5.75 Å². The van der Waals surface area contributed by atoms with Crippen molar-refractivity contribution in [1.29, 1.82) is 0 Å². The molecule has 2 unspecified atom stereocenters. The molecule has 2 rings (SSSR count). The van der Waals surface area contributed by atoms with E-state index >= 15 is 0 Å². The van der Waals surface area contributed by atoms with Crippen molar-refractivity contribution >= 4 is 38.8 Å². The van der Waals surface area contributed by atoms with Gasteiger partial charge in [-0.3, -0.25) is 4.79 Å². The highest BCUT2D eigenvalue weighted by Gasteiger charge is 2.37. The van der Waals surface area contributed by atoms with E-state index in [9.17, 15) is 13.2 Å². The van der Waals surface area contributed by atoms with Crippen molar-refractivity contribution in [2.24, 2.45) is 0 Å². The fourth-order valence-corrected chi connectivity index (χ4v) is 4.39. The van der Waals surface area contributed by atoms with Crippen LogP contribution in [0.4, 0.5) is 0 Å². The van der Waals surface area contributed by atoms with Crippen LogP contribution in [0.15, 0.2) is 18.2 Å². The molecule has 0 spiro atoms. The van der Waals surface area contributed by atoms with Gasteiger partial charge in [0.15, 0.2) is 15.6 Å². The molecule has 0 aliphatic carbocycles. The number of ketones is 1. The van der Waals surface area contributed by atoms with E-state index in [1.807, 2.05) is 0 Å². The van der Waals surface area contributed by atoms with E-state index in [1.165, 1.54) is 18.2 Å². The van der Waals surface area contributed by atoms with Crippen LogP contribution >= 0.6 is 23.2 Å². The van der Waals surface area contributed by atoms with Crippen molar-refractivity contribution in [3.8, 4) is 0 Å². The topological polar surface area (TPSA) is 60.4 Å². The van der Waals surface area contributed by atoms with Gasteiger partial charge in [0.25, 0.3) is 0 Å². The summed E-state index contributed by atoms with van der Waals surface area (Å²) in [6.45, 7) is 2.12. The molecule has 1 fully saturated rings. The number of Topliss-reactive ketones (excluding diaryl/α,β-unsaturated/α-hetero) is 1. The molecule has 1 heterocycles. The third-order valence-corrected chi connectivity index (χ3v) is 6.29. The van der Waals surface area contributed by atoms with Gasteiger partial charge in [-0.15, -0.1) is 0 Å². The van der Waals surface area contributed by atoms with E-state index in [0.29, 0.717) is 18.1 Å². The smallest absolute Gasteiger partial charge is 0.177 e. The maximum Gasteiger partial charge on any atom is 0.177 e. The third-order valence-electron chi connectivity index (χ3n) is 3.34. The Kier molecular flexibility index (Phi) is 4.74. The summed E-state index contributed by atoms with van der Waals surface area (Å²) in [7, 11) is -3.53. The van der Waals surface area contributed by atoms with Gasteiger partial charge < -0.3 is 4.74 Å². The first-order chi connectivity index (χ1) is 9.31. The molecule has 0 saturated carbocycles. The van der Waals surface area contributed by atoms with E-state index in [0.717, 1.165) is 0 Å². The molecule has 7 heteroatoms. The molecule has 2 atom stereocenters. The molecular formula is C13H14Cl2O4S. The van der Waals surface area contributed by atoms with E-state index in [4.69, 9.17) is 27.9 Å². The van der Waals surface area contributed by atoms with Crippen LogP contribution < -0.4 is 0 Å². The average Bonchev–Trinajstić information content (AvgIpc) is 2.79. The quantitative estimate of drug-likeness (QED) is 0.793. The Morgan fingerprint density at radius 3 is 2.60 bits per heavy atom. The van der Waals surface area contributed by atoms with Crippen LogP contribution in [-0.4, -0.2) is 37.9 Å². The zero-order valence-corrected chi connectivity index (χ0v) is 13.1. The highest BCUT2D eigenvalue weighted by atomic mass is 35.5. The van der Waals surface area contributed by atoms with Gasteiger partial charge in [0.05, 0.1) is 21.4 Å². The molecule has 1 saturated heterocycles. The van der Waals surface area contributed by atoms with Crippen LogP contribution in [0, 0.1) is 0 Å². The first-order valence-corrected chi connectivity index (χ1v) is 8.60. The Morgan fingerprint density at radius 2 is 2.05 bits per heavy atom. The minimum atomic E-state index is -3.53. The molecular weight excluding hydrogens is 323 g/mol. The van der Waals surface area contributed by atoms with Gasteiger partial charge in [0.2, 0.25) is 0 Å². The molecule has 1 aromatic rings. The zero-order chi connectivity index (χ0) is 14.9. The Morgan fingerprint density at radius 1 is 1.35 bits per heavy atom. The fraction of sp³-hybridized carbons (Fsp3) is 0.462. The number of benzene rings is 1. The first-order valence-electron chi connectivity index (χ1n) is 6.12. The third kappa shape index (κ3) is 3.34. The maximum atomic E-state index is 12.2. The highest BCUT2D eigenvalue weighted by Crippen LogP contribution is 2.25. The lowest BCUT2D eigenvalue weighted by Crippen LogP contribution is -2.32. The zero-order valence-electron chi connectivity index (χ0n) is 10.8. The Bertz CT molecular complexity index is 627. The van der Waals surface area contributed by atoms with Crippen molar-refractivity contribution in [2.75, 3.05) is 12.4 Å². The van der Waals surface area contributed by atoms with Crippen molar-refractivity contribution in [3.05, 3.63) is 33.8 Å². The van der Waals surface area contributed by atoms with Crippen molar-refractivity contribution in [3.63, 3.8) is 0 Å². The molecule has 0 amide bonds. The van der Waals surface area contributed by atoms with Crippen LogP contribution in [0.5, 0.6) is 0 Å². The van der Waals surface area contributed by atoms with Gasteiger partial charge in [-0.1, -0.05) is 23.2 Å². The normalized spacial score (nSPS) is 22.9. The molecule has 1 aliphatic heterocycles. The van der Waals surface area contributed by atoms with E-state index in [2.05, 4.69) is 0 Å². The summed E-state index contributed by atoms with van der Waals surface area (Å²) in [6.07, 6.45) is 0.0552. The van der Waals surface area contributed by atoms with E-state index in [-0.39, 0.29) is 16.7 Å². The summed E-state index contributed by atoms with van der Waals surface area (Å²) in [4.78, 5) is 12.1. The summed E-state index contributed by atoms with van der Waals surface area (Å²) in [5, 5.41) is -0.0643. The molecule has 0 radical (unpaired) electrons. The first kappa shape index (κ1) is 15.8. The van der Waals surface area contributed by atoms with Gasteiger partial charge >= 0.3 is 0 Å². The molecule has 20 heavy (non-hydrogen) atoms. The van der Waals surface area contributed by atoms with Gasteiger partial charge in [-0.05, 0) is 31.5 Å². The van der Waals surface area contributed by atoms with Gasteiger partial charge in [-0.2, -0.15) is 0 Å². The van der Waals surface area contributed by atoms with Crippen LogP contribution in [0.3, 0.4) is 0 Å². The predicted octanol–water partition coefficient (Wildman–Crippen LogP) is 2.77. The minimum Gasteiger partial charge on any atom is -0.377 e. The lowest BCUT2D eigenvalue weighted by atomic mass is 10.1. The predicted molar refractivity (Wildman–Crippen MR) is 78.4 cm³/mol. The van der Waals surface area contributed by atoms with Gasteiger partial charge in [0, 0.05) is 12.2 Å². The molecule has 0 bridgehead atoms. The number of carbonyl (C=O) groups is 1.